The third kappa shape index (κ3) is 8.50. The van der Waals surface area contributed by atoms with Gasteiger partial charge < -0.3 is 20.1 Å². The molecule has 2 rings (SSSR count). The Balaban J connectivity index is 1.70. The van der Waals surface area contributed by atoms with E-state index in [1.54, 1.807) is 24.3 Å². The minimum absolute atomic E-state index is 0.0639. The highest BCUT2D eigenvalue weighted by Gasteiger charge is 2.12. The Hall–Kier alpha value is -3.20. The molecule has 32 heavy (non-hydrogen) atoms. The molecule has 0 unspecified atom stereocenters. The molecule has 0 radical (unpaired) electrons. The van der Waals surface area contributed by atoms with E-state index in [0.717, 1.165) is 16.5 Å². The molecule has 2 aromatic carbocycles. The van der Waals surface area contributed by atoms with Crippen LogP contribution >= 0.6 is 15.9 Å². The number of carbonyl (C=O) groups is 4. The summed E-state index contributed by atoms with van der Waals surface area (Å²) in [5.74, 6) is -1.95. The third-order valence-electron chi connectivity index (χ3n) is 4.22. The van der Waals surface area contributed by atoms with Gasteiger partial charge in [0.25, 0.3) is 5.91 Å². The Bertz CT molecular complexity index is 975. The maximum Gasteiger partial charge on any atom is 0.338 e. The van der Waals surface area contributed by atoms with Crippen LogP contribution in [-0.4, -0.2) is 37.0 Å². The predicted molar refractivity (Wildman–Crippen MR) is 123 cm³/mol. The number of amides is 2. The quantitative estimate of drug-likeness (QED) is 0.468. The van der Waals surface area contributed by atoms with Crippen molar-refractivity contribution < 1.29 is 28.7 Å². The van der Waals surface area contributed by atoms with Crippen LogP contribution in [-0.2, 0) is 23.9 Å². The summed E-state index contributed by atoms with van der Waals surface area (Å²) >= 11 is 3.35. The van der Waals surface area contributed by atoms with Crippen molar-refractivity contribution in [2.45, 2.75) is 33.1 Å². The van der Waals surface area contributed by atoms with E-state index in [4.69, 9.17) is 9.47 Å². The van der Waals surface area contributed by atoms with Crippen molar-refractivity contribution in [1.29, 1.82) is 0 Å². The van der Waals surface area contributed by atoms with Crippen molar-refractivity contribution in [3.8, 4) is 0 Å². The first-order chi connectivity index (χ1) is 15.3. The van der Waals surface area contributed by atoms with Crippen LogP contribution in [0.1, 0.15) is 42.1 Å². The molecular weight excluding hydrogens is 480 g/mol. The predicted octanol–water partition coefficient (Wildman–Crippen LogP) is 4.22. The second kappa shape index (κ2) is 12.6. The van der Waals surface area contributed by atoms with Crippen LogP contribution in [0.15, 0.2) is 46.9 Å². The van der Waals surface area contributed by atoms with Crippen LogP contribution < -0.4 is 10.6 Å². The standard InChI is InChI=1S/C23H25BrN2O6/c1-3-12-31-23(30)16-4-7-18(8-5-16)25-21(28)14-32-22(29)11-10-20(27)26-19-9-6-17(24)13-15(19)2/h4-9,13H,3,10-12,14H2,1-2H3,(H,25,28)(H,26,27). The molecule has 0 aliphatic rings. The van der Waals surface area contributed by atoms with Crippen molar-refractivity contribution in [3.63, 3.8) is 0 Å². The minimum atomic E-state index is -0.656. The largest absolute Gasteiger partial charge is 0.462 e. The highest BCUT2D eigenvalue weighted by molar-refractivity contribution is 9.10. The topological polar surface area (TPSA) is 111 Å². The van der Waals surface area contributed by atoms with Gasteiger partial charge in [0.2, 0.25) is 5.91 Å². The lowest BCUT2D eigenvalue weighted by molar-refractivity contribution is -0.147. The molecule has 0 heterocycles. The Morgan fingerprint density at radius 2 is 1.62 bits per heavy atom. The molecular formula is C23H25BrN2O6. The third-order valence-corrected chi connectivity index (χ3v) is 4.72. The van der Waals surface area contributed by atoms with Crippen molar-refractivity contribution >= 4 is 51.1 Å². The highest BCUT2D eigenvalue weighted by Crippen LogP contribution is 2.20. The number of carbonyl (C=O) groups excluding carboxylic acids is 4. The summed E-state index contributed by atoms with van der Waals surface area (Å²) < 4.78 is 10.8. The van der Waals surface area contributed by atoms with Crippen LogP contribution in [0.25, 0.3) is 0 Å². The Labute approximate surface area is 194 Å². The Morgan fingerprint density at radius 3 is 2.28 bits per heavy atom. The number of aryl methyl sites for hydroxylation is 1. The Kier molecular flexibility index (Phi) is 9.87. The first-order valence-electron chi connectivity index (χ1n) is 10.1. The van der Waals surface area contributed by atoms with E-state index >= 15 is 0 Å². The van der Waals surface area contributed by atoms with Gasteiger partial charge in [-0.25, -0.2) is 4.79 Å². The molecule has 0 saturated carbocycles. The van der Waals surface area contributed by atoms with E-state index in [1.165, 1.54) is 12.1 Å². The zero-order chi connectivity index (χ0) is 23.5. The Morgan fingerprint density at radius 1 is 0.906 bits per heavy atom. The molecule has 0 atom stereocenters. The molecule has 170 valence electrons. The molecule has 0 fully saturated rings. The summed E-state index contributed by atoms with van der Waals surface area (Å²) in [5, 5.41) is 5.30. The average Bonchev–Trinajstić information content (AvgIpc) is 2.77. The van der Waals surface area contributed by atoms with Crippen molar-refractivity contribution in [3.05, 3.63) is 58.1 Å². The van der Waals surface area contributed by atoms with Crippen molar-refractivity contribution in [2.24, 2.45) is 0 Å². The van der Waals surface area contributed by atoms with E-state index in [9.17, 15) is 19.2 Å². The average molecular weight is 505 g/mol. The van der Waals surface area contributed by atoms with Crippen LogP contribution in [0.2, 0.25) is 0 Å². The molecule has 0 bridgehead atoms. The lowest BCUT2D eigenvalue weighted by Crippen LogP contribution is -2.22. The fourth-order valence-electron chi connectivity index (χ4n) is 2.58. The van der Waals surface area contributed by atoms with Gasteiger partial charge in [-0.15, -0.1) is 0 Å². The van der Waals surface area contributed by atoms with Crippen LogP contribution in [0.4, 0.5) is 11.4 Å². The first kappa shape index (κ1) is 25.1. The highest BCUT2D eigenvalue weighted by atomic mass is 79.9. The molecule has 8 nitrogen and oxygen atoms in total. The summed E-state index contributed by atoms with van der Waals surface area (Å²) in [6.07, 6.45) is 0.517. The summed E-state index contributed by atoms with van der Waals surface area (Å²) in [5.41, 5.74) is 2.37. The lowest BCUT2D eigenvalue weighted by atomic mass is 10.2. The number of halogens is 1. The minimum Gasteiger partial charge on any atom is -0.462 e. The number of nitrogens with one attached hydrogen (secondary N) is 2. The molecule has 0 aliphatic heterocycles. The number of ether oxygens (including phenoxy) is 2. The van der Waals surface area contributed by atoms with E-state index in [1.807, 2.05) is 19.9 Å². The molecule has 2 N–H and O–H groups in total. The summed E-state index contributed by atoms with van der Waals surface area (Å²) in [6.45, 7) is 3.62. The second-order valence-electron chi connectivity index (χ2n) is 6.93. The van der Waals surface area contributed by atoms with E-state index < -0.39 is 24.5 Å². The van der Waals surface area contributed by atoms with Crippen molar-refractivity contribution in [2.75, 3.05) is 23.8 Å². The maximum atomic E-state index is 12.0. The smallest absolute Gasteiger partial charge is 0.338 e. The molecule has 0 aromatic heterocycles. The zero-order valence-corrected chi connectivity index (χ0v) is 19.5. The SMILES string of the molecule is CCCOC(=O)c1ccc(NC(=O)COC(=O)CCC(=O)Nc2ccc(Br)cc2C)cc1. The molecule has 9 heteroatoms. The zero-order valence-electron chi connectivity index (χ0n) is 17.9. The monoisotopic (exact) mass is 504 g/mol. The molecule has 0 saturated heterocycles. The summed E-state index contributed by atoms with van der Waals surface area (Å²) in [6, 6.07) is 11.6. The van der Waals surface area contributed by atoms with Crippen LogP contribution in [0.5, 0.6) is 0 Å². The fraction of sp³-hybridized carbons (Fsp3) is 0.304. The van der Waals surface area contributed by atoms with Gasteiger partial charge in [0, 0.05) is 22.3 Å². The number of esters is 2. The maximum absolute atomic E-state index is 12.0. The normalized spacial score (nSPS) is 10.2. The number of anilines is 2. The number of benzene rings is 2. The van der Waals surface area contributed by atoms with E-state index in [-0.39, 0.29) is 18.7 Å². The first-order valence-corrected chi connectivity index (χ1v) is 10.9. The van der Waals surface area contributed by atoms with E-state index in [0.29, 0.717) is 23.5 Å². The van der Waals surface area contributed by atoms with Gasteiger partial charge in [-0.3, -0.25) is 14.4 Å². The fourth-order valence-corrected chi connectivity index (χ4v) is 3.05. The summed E-state index contributed by atoms with van der Waals surface area (Å²) in [4.78, 5) is 47.6. The van der Waals surface area contributed by atoms with Crippen molar-refractivity contribution in [1.82, 2.24) is 0 Å². The molecule has 2 amide bonds. The number of rotatable bonds is 10. The van der Waals surface area contributed by atoms with E-state index in [2.05, 4.69) is 26.6 Å². The van der Waals surface area contributed by atoms with Gasteiger partial charge in [-0.05, 0) is 61.4 Å². The van der Waals surface area contributed by atoms with Gasteiger partial charge in [0.1, 0.15) is 0 Å². The van der Waals surface area contributed by atoms with Gasteiger partial charge in [0.15, 0.2) is 6.61 Å². The van der Waals surface area contributed by atoms with Gasteiger partial charge in [0.05, 0.1) is 18.6 Å². The van der Waals surface area contributed by atoms with Crippen LogP contribution in [0.3, 0.4) is 0 Å². The second-order valence-corrected chi connectivity index (χ2v) is 7.85. The van der Waals surface area contributed by atoms with Gasteiger partial charge in [-0.2, -0.15) is 0 Å². The lowest BCUT2D eigenvalue weighted by Gasteiger charge is -2.09. The summed E-state index contributed by atoms with van der Waals surface area (Å²) in [7, 11) is 0. The van der Waals surface area contributed by atoms with Gasteiger partial charge in [-0.1, -0.05) is 22.9 Å². The molecule has 2 aromatic rings. The number of hydrogen-bond acceptors (Lipinski definition) is 6. The molecule has 0 spiro atoms. The van der Waals surface area contributed by atoms with Crippen LogP contribution in [0, 0.1) is 6.92 Å². The van der Waals surface area contributed by atoms with Gasteiger partial charge >= 0.3 is 11.9 Å². The number of hydrogen-bond donors (Lipinski definition) is 2. The molecule has 0 aliphatic carbocycles.